The van der Waals surface area contributed by atoms with Crippen LogP contribution in [-0.4, -0.2) is 22.1 Å². The molecule has 0 heterocycles. The van der Waals surface area contributed by atoms with Gasteiger partial charge in [-0.15, -0.1) is 0 Å². The molecule has 0 aliphatic rings. The van der Waals surface area contributed by atoms with Crippen LogP contribution < -0.4 is 0 Å². The van der Waals surface area contributed by atoms with Gasteiger partial charge in [-0.25, -0.2) is 0 Å². The summed E-state index contributed by atoms with van der Waals surface area (Å²) >= 11 is 1.86. The highest BCUT2D eigenvalue weighted by Crippen LogP contribution is 2.14. The molecular weight excluding hydrogens is 160 g/mol. The van der Waals surface area contributed by atoms with Crippen molar-refractivity contribution in [3.8, 4) is 0 Å². The Morgan fingerprint density at radius 3 is 2.73 bits per heavy atom. The Kier molecular flexibility index (Phi) is 6.42. The highest BCUT2D eigenvalue weighted by Gasteiger charge is 2.00. The quantitative estimate of drug-likeness (QED) is 0.631. The Bertz CT molecular complexity index is 115. The fraction of sp³-hybridized carbons (Fsp3) is 0.875. The van der Waals surface area contributed by atoms with E-state index in [-0.39, 0.29) is 0 Å². The zero-order valence-electron chi connectivity index (χ0n) is 7.17. The topological polar surface area (TPSA) is 37.3 Å². The molecule has 66 valence electrons. The van der Waals surface area contributed by atoms with Crippen molar-refractivity contribution in [2.75, 3.05) is 5.75 Å². The van der Waals surface area contributed by atoms with Gasteiger partial charge >= 0.3 is 5.97 Å². The van der Waals surface area contributed by atoms with Gasteiger partial charge in [-0.1, -0.05) is 13.8 Å². The third-order valence-electron chi connectivity index (χ3n) is 1.51. The van der Waals surface area contributed by atoms with E-state index < -0.39 is 5.97 Å². The summed E-state index contributed by atoms with van der Waals surface area (Å²) in [5, 5.41) is 9.00. The second kappa shape index (κ2) is 6.53. The molecule has 0 saturated carbocycles. The normalized spacial score (nSPS) is 12.9. The van der Waals surface area contributed by atoms with Gasteiger partial charge in [0.1, 0.15) is 0 Å². The average Bonchev–Trinajstić information content (AvgIpc) is 1.97. The van der Waals surface area contributed by atoms with Crippen LogP contribution in [0.15, 0.2) is 0 Å². The Balaban J connectivity index is 3.08. The van der Waals surface area contributed by atoms with Crippen molar-refractivity contribution in [3.63, 3.8) is 0 Å². The predicted octanol–water partition coefficient (Wildman–Crippen LogP) is 2.38. The summed E-state index contributed by atoms with van der Waals surface area (Å²) in [5.41, 5.74) is 0. The lowest BCUT2D eigenvalue weighted by Gasteiger charge is -2.05. The number of hydrogen-bond acceptors (Lipinski definition) is 2. The number of carbonyl (C=O) groups is 1. The molecule has 0 aromatic heterocycles. The molecule has 0 bridgehead atoms. The van der Waals surface area contributed by atoms with Crippen LogP contribution in [0.5, 0.6) is 0 Å². The van der Waals surface area contributed by atoms with E-state index in [1.807, 2.05) is 11.8 Å². The van der Waals surface area contributed by atoms with Crippen molar-refractivity contribution >= 4 is 17.7 Å². The summed E-state index contributed by atoms with van der Waals surface area (Å²) < 4.78 is 0. The molecule has 0 aliphatic carbocycles. The third kappa shape index (κ3) is 7.72. The summed E-state index contributed by atoms with van der Waals surface area (Å²) in [6.45, 7) is 4.32. The highest BCUT2D eigenvalue weighted by atomic mass is 32.2. The Morgan fingerprint density at radius 2 is 2.27 bits per heavy atom. The number of carboxylic acid groups (broad SMARTS) is 1. The SMILES string of the molecule is CCC(C)SCCCC(=O)O. The van der Waals surface area contributed by atoms with Gasteiger partial charge in [0.05, 0.1) is 0 Å². The predicted molar refractivity (Wildman–Crippen MR) is 49.1 cm³/mol. The minimum absolute atomic E-state index is 0.309. The lowest BCUT2D eigenvalue weighted by molar-refractivity contribution is -0.137. The molecule has 3 heteroatoms. The first-order valence-corrected chi connectivity index (χ1v) is 5.05. The van der Waals surface area contributed by atoms with Gasteiger partial charge in [0.2, 0.25) is 0 Å². The Labute approximate surface area is 72.4 Å². The molecule has 1 N–H and O–H groups in total. The van der Waals surface area contributed by atoms with Gasteiger partial charge < -0.3 is 5.11 Å². The summed E-state index contributed by atoms with van der Waals surface area (Å²) in [6, 6.07) is 0. The van der Waals surface area contributed by atoms with Crippen LogP contribution in [-0.2, 0) is 4.79 Å². The zero-order chi connectivity index (χ0) is 8.69. The van der Waals surface area contributed by atoms with E-state index in [4.69, 9.17) is 5.11 Å². The monoisotopic (exact) mass is 176 g/mol. The molecule has 0 fully saturated rings. The Hall–Kier alpha value is -0.180. The van der Waals surface area contributed by atoms with Crippen molar-refractivity contribution in [2.45, 2.75) is 38.4 Å². The first-order valence-electron chi connectivity index (χ1n) is 4.00. The van der Waals surface area contributed by atoms with E-state index in [0.29, 0.717) is 11.7 Å². The maximum atomic E-state index is 10.1. The van der Waals surface area contributed by atoms with Crippen LogP contribution in [0.4, 0.5) is 0 Å². The summed E-state index contributed by atoms with van der Waals surface area (Å²) in [7, 11) is 0. The van der Waals surface area contributed by atoms with Gasteiger partial charge in [-0.3, -0.25) is 4.79 Å². The van der Waals surface area contributed by atoms with Gasteiger partial charge in [-0.2, -0.15) is 11.8 Å². The summed E-state index contributed by atoms with van der Waals surface area (Å²) in [4.78, 5) is 10.1. The fourth-order valence-corrected chi connectivity index (χ4v) is 1.57. The smallest absolute Gasteiger partial charge is 0.303 e. The van der Waals surface area contributed by atoms with E-state index in [0.717, 1.165) is 18.6 Å². The second-order valence-electron chi connectivity index (χ2n) is 2.59. The maximum absolute atomic E-state index is 10.1. The summed E-state index contributed by atoms with van der Waals surface area (Å²) in [6.07, 6.45) is 2.27. The van der Waals surface area contributed by atoms with Crippen molar-refractivity contribution < 1.29 is 9.90 Å². The van der Waals surface area contributed by atoms with Crippen LogP contribution in [0, 0.1) is 0 Å². The maximum Gasteiger partial charge on any atom is 0.303 e. The van der Waals surface area contributed by atoms with Crippen molar-refractivity contribution in [1.82, 2.24) is 0 Å². The molecule has 1 atom stereocenters. The molecule has 0 rings (SSSR count). The molecule has 0 aromatic rings. The minimum Gasteiger partial charge on any atom is -0.481 e. The summed E-state index contributed by atoms with van der Waals surface area (Å²) in [5.74, 6) is 0.288. The van der Waals surface area contributed by atoms with Gasteiger partial charge in [-0.05, 0) is 18.6 Å². The molecule has 0 spiro atoms. The zero-order valence-corrected chi connectivity index (χ0v) is 7.99. The molecule has 11 heavy (non-hydrogen) atoms. The fourth-order valence-electron chi connectivity index (χ4n) is 0.626. The van der Waals surface area contributed by atoms with Gasteiger partial charge in [0.15, 0.2) is 0 Å². The number of hydrogen-bond donors (Lipinski definition) is 1. The molecule has 0 radical (unpaired) electrons. The molecule has 0 aliphatic heterocycles. The van der Waals surface area contributed by atoms with Crippen molar-refractivity contribution in [3.05, 3.63) is 0 Å². The van der Waals surface area contributed by atoms with Crippen LogP contribution in [0.2, 0.25) is 0 Å². The molecule has 0 saturated heterocycles. The van der Waals surface area contributed by atoms with Gasteiger partial charge in [0.25, 0.3) is 0 Å². The molecular formula is C8H16O2S. The first kappa shape index (κ1) is 10.8. The number of rotatable bonds is 6. The minimum atomic E-state index is -0.685. The van der Waals surface area contributed by atoms with Crippen molar-refractivity contribution in [2.24, 2.45) is 0 Å². The third-order valence-corrected chi connectivity index (χ3v) is 2.94. The van der Waals surface area contributed by atoms with Crippen LogP contribution in [0.25, 0.3) is 0 Å². The second-order valence-corrected chi connectivity index (χ2v) is 4.13. The molecule has 0 aromatic carbocycles. The number of aliphatic carboxylic acids is 1. The van der Waals surface area contributed by atoms with Crippen LogP contribution in [0.1, 0.15) is 33.1 Å². The van der Waals surface area contributed by atoms with E-state index >= 15 is 0 Å². The van der Waals surface area contributed by atoms with E-state index in [2.05, 4.69) is 13.8 Å². The first-order chi connectivity index (χ1) is 5.16. The standard InChI is InChI=1S/C8H16O2S/c1-3-7(2)11-6-4-5-8(9)10/h7H,3-6H2,1-2H3,(H,9,10). The van der Waals surface area contributed by atoms with Crippen LogP contribution >= 0.6 is 11.8 Å². The molecule has 0 amide bonds. The Morgan fingerprint density at radius 1 is 1.64 bits per heavy atom. The number of thioether (sulfide) groups is 1. The van der Waals surface area contributed by atoms with Gasteiger partial charge in [0, 0.05) is 11.7 Å². The lowest BCUT2D eigenvalue weighted by atomic mass is 10.3. The van der Waals surface area contributed by atoms with Crippen molar-refractivity contribution in [1.29, 1.82) is 0 Å². The molecule has 1 unspecified atom stereocenters. The van der Waals surface area contributed by atoms with Crippen LogP contribution in [0.3, 0.4) is 0 Å². The largest absolute Gasteiger partial charge is 0.481 e. The highest BCUT2D eigenvalue weighted by molar-refractivity contribution is 7.99. The van der Waals surface area contributed by atoms with E-state index in [9.17, 15) is 4.79 Å². The molecule has 2 nitrogen and oxygen atoms in total. The number of carboxylic acids is 1. The average molecular weight is 176 g/mol. The van der Waals surface area contributed by atoms with E-state index in [1.54, 1.807) is 0 Å². The van der Waals surface area contributed by atoms with E-state index in [1.165, 1.54) is 0 Å². The lowest BCUT2D eigenvalue weighted by Crippen LogP contribution is -1.98.